The second-order valence-electron chi connectivity index (χ2n) is 3.26. The van der Waals surface area contributed by atoms with Gasteiger partial charge in [-0.1, -0.05) is 11.6 Å². The average Bonchev–Trinajstić information content (AvgIpc) is 2.12. The van der Waals surface area contributed by atoms with Crippen LogP contribution in [0.1, 0.15) is 24.4 Å². The van der Waals surface area contributed by atoms with Crippen molar-refractivity contribution in [2.24, 2.45) is 5.73 Å². The van der Waals surface area contributed by atoms with Crippen LogP contribution in [0.25, 0.3) is 0 Å². The summed E-state index contributed by atoms with van der Waals surface area (Å²) in [6, 6.07) is 1.30. The molecule has 0 aliphatic rings. The Kier molecular flexibility index (Phi) is 4.45. The molecule has 1 atom stereocenters. The lowest BCUT2D eigenvalue weighted by molar-refractivity contribution is 0.279. The molecule has 1 aromatic carbocycles. The summed E-state index contributed by atoms with van der Waals surface area (Å²) in [4.78, 5) is 0. The first-order valence-electron chi connectivity index (χ1n) is 4.57. The van der Waals surface area contributed by atoms with Gasteiger partial charge in [0.15, 0.2) is 0 Å². The third-order valence-corrected chi connectivity index (χ3v) is 2.31. The molecule has 0 spiro atoms. The number of hydrogen-bond donors (Lipinski definition) is 2. The van der Waals surface area contributed by atoms with Crippen molar-refractivity contribution in [1.29, 1.82) is 0 Å². The Bertz CT molecular complexity index is 323. The Hall–Kier alpha value is -0.710. The minimum atomic E-state index is -0.755. The fourth-order valence-electron chi connectivity index (χ4n) is 1.36. The van der Waals surface area contributed by atoms with E-state index in [-0.39, 0.29) is 17.2 Å². The number of aliphatic hydroxyl groups is 1. The molecule has 2 nitrogen and oxygen atoms in total. The van der Waals surface area contributed by atoms with Gasteiger partial charge in [0.2, 0.25) is 0 Å². The van der Waals surface area contributed by atoms with Crippen molar-refractivity contribution in [1.82, 2.24) is 0 Å². The lowest BCUT2D eigenvalue weighted by Crippen LogP contribution is -2.14. The van der Waals surface area contributed by atoms with Gasteiger partial charge in [0.1, 0.15) is 11.6 Å². The summed E-state index contributed by atoms with van der Waals surface area (Å²) in [5.41, 5.74) is 5.43. The van der Waals surface area contributed by atoms with E-state index in [0.717, 1.165) is 12.1 Å². The van der Waals surface area contributed by atoms with E-state index in [2.05, 4.69) is 0 Å². The van der Waals surface area contributed by atoms with E-state index in [1.165, 1.54) is 0 Å². The van der Waals surface area contributed by atoms with Crippen LogP contribution in [0.15, 0.2) is 12.1 Å². The summed E-state index contributed by atoms with van der Waals surface area (Å²) < 4.78 is 26.6. The third kappa shape index (κ3) is 3.12. The molecular formula is C10H12ClF2NO. The van der Waals surface area contributed by atoms with Crippen LogP contribution in [0.3, 0.4) is 0 Å². The van der Waals surface area contributed by atoms with Gasteiger partial charge < -0.3 is 10.8 Å². The van der Waals surface area contributed by atoms with Gasteiger partial charge in [-0.15, -0.1) is 0 Å². The topological polar surface area (TPSA) is 46.2 Å². The highest BCUT2D eigenvalue weighted by Gasteiger charge is 2.17. The van der Waals surface area contributed by atoms with Gasteiger partial charge in [-0.05, 0) is 25.0 Å². The van der Waals surface area contributed by atoms with Crippen molar-refractivity contribution in [3.8, 4) is 0 Å². The second kappa shape index (κ2) is 5.39. The van der Waals surface area contributed by atoms with Crippen molar-refractivity contribution < 1.29 is 13.9 Å². The standard InChI is InChI=1S/C10H12ClF2NO/c11-6-4-7(12)10(8(13)5-6)9(14)2-1-3-15/h4-5,9,15H,1-3,14H2/t9-/m1/s1. The van der Waals surface area contributed by atoms with E-state index in [1.807, 2.05) is 0 Å². The summed E-state index contributed by atoms with van der Waals surface area (Å²) in [6.45, 7) is -0.0511. The maximum Gasteiger partial charge on any atom is 0.132 e. The maximum absolute atomic E-state index is 13.3. The van der Waals surface area contributed by atoms with Gasteiger partial charge in [-0.25, -0.2) is 8.78 Å². The van der Waals surface area contributed by atoms with E-state index in [4.69, 9.17) is 22.4 Å². The molecule has 0 unspecified atom stereocenters. The van der Waals surface area contributed by atoms with Crippen LogP contribution >= 0.6 is 11.6 Å². The molecular weight excluding hydrogens is 224 g/mol. The second-order valence-corrected chi connectivity index (χ2v) is 3.69. The molecule has 0 bridgehead atoms. The average molecular weight is 236 g/mol. The van der Waals surface area contributed by atoms with Crippen LogP contribution in [0.4, 0.5) is 8.78 Å². The zero-order chi connectivity index (χ0) is 11.4. The number of benzene rings is 1. The molecule has 0 fully saturated rings. The SMILES string of the molecule is N[C@H](CCCO)c1c(F)cc(Cl)cc1F. The van der Waals surface area contributed by atoms with Crippen LogP contribution < -0.4 is 5.73 Å². The molecule has 0 radical (unpaired) electrons. The molecule has 0 aliphatic heterocycles. The van der Waals surface area contributed by atoms with Crippen LogP contribution in [-0.4, -0.2) is 11.7 Å². The fourth-order valence-corrected chi connectivity index (χ4v) is 1.55. The highest BCUT2D eigenvalue weighted by molar-refractivity contribution is 6.30. The molecule has 1 aromatic rings. The van der Waals surface area contributed by atoms with Crippen LogP contribution in [0.5, 0.6) is 0 Å². The molecule has 0 saturated carbocycles. The van der Waals surface area contributed by atoms with Crippen molar-refractivity contribution >= 4 is 11.6 Å². The zero-order valence-electron chi connectivity index (χ0n) is 8.01. The Morgan fingerprint density at radius 3 is 2.33 bits per heavy atom. The van der Waals surface area contributed by atoms with E-state index in [9.17, 15) is 8.78 Å². The lowest BCUT2D eigenvalue weighted by Gasteiger charge is -2.13. The Balaban J connectivity index is 2.92. The largest absolute Gasteiger partial charge is 0.396 e. The number of rotatable bonds is 4. The number of aliphatic hydroxyl groups excluding tert-OH is 1. The minimum absolute atomic E-state index is 0.00288. The van der Waals surface area contributed by atoms with Crippen LogP contribution in [0.2, 0.25) is 5.02 Å². The molecule has 0 saturated heterocycles. The fraction of sp³-hybridized carbons (Fsp3) is 0.400. The number of nitrogens with two attached hydrogens (primary N) is 1. The Labute approximate surface area is 91.7 Å². The van der Waals surface area contributed by atoms with Gasteiger partial charge >= 0.3 is 0 Å². The minimum Gasteiger partial charge on any atom is -0.396 e. The molecule has 0 amide bonds. The molecule has 1 rings (SSSR count). The highest BCUT2D eigenvalue weighted by atomic mass is 35.5. The maximum atomic E-state index is 13.3. The van der Waals surface area contributed by atoms with Gasteiger partial charge in [0.25, 0.3) is 0 Å². The van der Waals surface area contributed by atoms with Crippen LogP contribution in [0, 0.1) is 11.6 Å². The first kappa shape index (κ1) is 12.4. The molecule has 84 valence electrons. The Morgan fingerprint density at radius 1 is 1.33 bits per heavy atom. The summed E-state index contributed by atoms with van der Waals surface area (Å²) in [5.74, 6) is -1.49. The van der Waals surface area contributed by atoms with Crippen LogP contribution in [-0.2, 0) is 0 Å². The Morgan fingerprint density at radius 2 is 1.87 bits per heavy atom. The number of halogens is 3. The first-order valence-corrected chi connectivity index (χ1v) is 4.95. The predicted molar refractivity (Wildman–Crippen MR) is 54.6 cm³/mol. The van der Waals surface area contributed by atoms with Crippen molar-refractivity contribution in [2.75, 3.05) is 6.61 Å². The highest BCUT2D eigenvalue weighted by Crippen LogP contribution is 2.25. The summed E-state index contributed by atoms with van der Waals surface area (Å²) in [6.07, 6.45) is 0.731. The molecule has 0 heterocycles. The summed E-state index contributed by atoms with van der Waals surface area (Å²) in [5, 5.41) is 8.58. The normalized spacial score (nSPS) is 12.9. The molecule has 5 heteroatoms. The monoisotopic (exact) mass is 235 g/mol. The van der Waals surface area contributed by atoms with E-state index >= 15 is 0 Å². The van der Waals surface area contributed by atoms with E-state index in [0.29, 0.717) is 12.8 Å². The number of hydrogen-bond acceptors (Lipinski definition) is 2. The van der Waals surface area contributed by atoms with Gasteiger partial charge in [-0.2, -0.15) is 0 Å². The van der Waals surface area contributed by atoms with Gasteiger partial charge in [-0.3, -0.25) is 0 Å². The predicted octanol–water partition coefficient (Wildman–Crippen LogP) is 2.39. The zero-order valence-corrected chi connectivity index (χ0v) is 8.77. The van der Waals surface area contributed by atoms with Gasteiger partial charge in [0.05, 0.1) is 0 Å². The van der Waals surface area contributed by atoms with E-state index in [1.54, 1.807) is 0 Å². The summed E-state index contributed by atoms with van der Waals surface area (Å²) in [7, 11) is 0. The smallest absolute Gasteiger partial charge is 0.132 e. The molecule has 0 aliphatic carbocycles. The molecule has 15 heavy (non-hydrogen) atoms. The lowest BCUT2D eigenvalue weighted by atomic mass is 10.0. The quantitative estimate of drug-likeness (QED) is 0.842. The molecule has 3 N–H and O–H groups in total. The van der Waals surface area contributed by atoms with Crippen molar-refractivity contribution in [3.63, 3.8) is 0 Å². The third-order valence-electron chi connectivity index (χ3n) is 2.09. The molecule has 0 aromatic heterocycles. The van der Waals surface area contributed by atoms with Crippen molar-refractivity contribution in [3.05, 3.63) is 34.4 Å². The first-order chi connectivity index (χ1) is 7.06. The van der Waals surface area contributed by atoms with Crippen molar-refractivity contribution in [2.45, 2.75) is 18.9 Å². The van der Waals surface area contributed by atoms with Gasteiger partial charge in [0, 0.05) is 23.2 Å². The summed E-state index contributed by atoms with van der Waals surface area (Å²) >= 11 is 5.47. The van der Waals surface area contributed by atoms with E-state index < -0.39 is 17.7 Å².